The molecule has 38 heavy (non-hydrogen) atoms. The van der Waals surface area contributed by atoms with Crippen LogP contribution in [0.5, 0.6) is 11.5 Å². The lowest BCUT2D eigenvalue weighted by Crippen LogP contribution is -2.54. The van der Waals surface area contributed by atoms with Gasteiger partial charge < -0.3 is 14.6 Å². The van der Waals surface area contributed by atoms with E-state index >= 15 is 0 Å². The number of carboxylic acids is 1. The Morgan fingerprint density at radius 1 is 1.11 bits per heavy atom. The summed E-state index contributed by atoms with van der Waals surface area (Å²) < 4.78 is 11.7. The number of ether oxygens (including phenoxy) is 2. The van der Waals surface area contributed by atoms with Gasteiger partial charge in [0.2, 0.25) is 0 Å². The highest BCUT2D eigenvalue weighted by atomic mass is 35.5. The number of carbonyl (C=O) groups excluding carboxylic acids is 2. The number of nitrogens with one attached hydrogen (secondary N) is 1. The van der Waals surface area contributed by atoms with Crippen molar-refractivity contribution in [2.75, 3.05) is 11.5 Å². The number of benzene rings is 3. The fraction of sp³-hybridized carbons (Fsp3) is 0.143. The van der Waals surface area contributed by atoms with Gasteiger partial charge in [0, 0.05) is 0 Å². The lowest BCUT2D eigenvalue weighted by Gasteiger charge is -2.29. The molecule has 1 heterocycles. The van der Waals surface area contributed by atoms with Gasteiger partial charge in [-0.3, -0.25) is 19.8 Å². The highest BCUT2D eigenvalue weighted by molar-refractivity contribution is 7.80. The van der Waals surface area contributed by atoms with E-state index in [0.717, 1.165) is 16.0 Å². The zero-order chi connectivity index (χ0) is 27.4. The average Bonchev–Trinajstić information content (AvgIpc) is 2.87. The minimum atomic E-state index is -1.16. The number of carboxylic acid groups (broad SMARTS) is 1. The summed E-state index contributed by atoms with van der Waals surface area (Å²) in [5.74, 6) is -1.88. The number of nitrogens with zero attached hydrogens (tertiary/aromatic N) is 1. The summed E-state index contributed by atoms with van der Waals surface area (Å²) in [6.07, 6.45) is 1.37. The topological polar surface area (TPSA) is 105 Å². The van der Waals surface area contributed by atoms with Crippen LogP contribution in [0.3, 0.4) is 0 Å². The molecule has 3 aromatic rings. The molecule has 2 amide bonds. The van der Waals surface area contributed by atoms with Crippen LogP contribution in [0, 0.1) is 6.92 Å². The van der Waals surface area contributed by atoms with Crippen molar-refractivity contribution in [3.05, 3.63) is 93.5 Å². The van der Waals surface area contributed by atoms with E-state index in [-0.39, 0.29) is 33.6 Å². The van der Waals surface area contributed by atoms with Crippen LogP contribution >= 0.6 is 23.8 Å². The third kappa shape index (κ3) is 5.85. The van der Waals surface area contributed by atoms with Gasteiger partial charge in [-0.1, -0.05) is 47.5 Å². The van der Waals surface area contributed by atoms with Crippen LogP contribution in [0.4, 0.5) is 5.69 Å². The Labute approximate surface area is 229 Å². The molecule has 0 atom stereocenters. The van der Waals surface area contributed by atoms with Gasteiger partial charge >= 0.3 is 5.97 Å². The molecule has 0 radical (unpaired) electrons. The molecule has 1 aliphatic heterocycles. The van der Waals surface area contributed by atoms with E-state index in [1.165, 1.54) is 30.3 Å². The van der Waals surface area contributed by atoms with Crippen LogP contribution in [0.2, 0.25) is 5.02 Å². The lowest BCUT2D eigenvalue weighted by molar-refractivity contribution is -0.122. The van der Waals surface area contributed by atoms with Gasteiger partial charge in [-0.05, 0) is 73.6 Å². The Balaban J connectivity index is 1.66. The third-order valence-electron chi connectivity index (χ3n) is 5.60. The van der Waals surface area contributed by atoms with Gasteiger partial charge in [-0.15, -0.1) is 0 Å². The van der Waals surface area contributed by atoms with Crippen molar-refractivity contribution >= 4 is 58.5 Å². The highest BCUT2D eigenvalue weighted by Crippen LogP contribution is 2.38. The Bertz CT molecular complexity index is 1470. The number of amides is 2. The minimum Gasteiger partial charge on any atom is -0.490 e. The number of hydrogen-bond acceptors (Lipinski definition) is 6. The fourth-order valence-electron chi connectivity index (χ4n) is 3.75. The maximum Gasteiger partial charge on any atom is 0.335 e. The van der Waals surface area contributed by atoms with E-state index in [0.29, 0.717) is 23.7 Å². The molecule has 194 valence electrons. The number of halogens is 1. The first-order chi connectivity index (χ1) is 18.2. The zero-order valence-electron chi connectivity index (χ0n) is 20.5. The largest absolute Gasteiger partial charge is 0.490 e. The Kier molecular flexibility index (Phi) is 8.09. The Morgan fingerprint density at radius 3 is 2.53 bits per heavy atom. The van der Waals surface area contributed by atoms with Crippen LogP contribution in [-0.2, 0) is 16.2 Å². The van der Waals surface area contributed by atoms with E-state index in [9.17, 15) is 19.5 Å². The quantitative estimate of drug-likeness (QED) is 0.227. The second-order valence-electron chi connectivity index (χ2n) is 8.35. The average molecular weight is 551 g/mol. The van der Waals surface area contributed by atoms with Gasteiger partial charge in [0.15, 0.2) is 16.6 Å². The van der Waals surface area contributed by atoms with E-state index in [1.807, 2.05) is 38.1 Å². The number of anilines is 1. The van der Waals surface area contributed by atoms with Crippen molar-refractivity contribution in [2.45, 2.75) is 20.5 Å². The molecule has 8 nitrogen and oxygen atoms in total. The van der Waals surface area contributed by atoms with E-state index in [1.54, 1.807) is 12.1 Å². The first-order valence-corrected chi connectivity index (χ1v) is 12.4. The normalized spacial score (nSPS) is 14.4. The molecule has 4 rings (SSSR count). The first-order valence-electron chi connectivity index (χ1n) is 11.6. The molecule has 1 aliphatic rings. The molecular weight excluding hydrogens is 528 g/mol. The van der Waals surface area contributed by atoms with Crippen molar-refractivity contribution in [3.63, 3.8) is 0 Å². The second-order valence-corrected chi connectivity index (χ2v) is 9.14. The summed E-state index contributed by atoms with van der Waals surface area (Å²) in [5, 5.41) is 11.9. The van der Waals surface area contributed by atoms with Gasteiger partial charge in [-0.2, -0.15) is 0 Å². The first kappa shape index (κ1) is 26.8. The van der Waals surface area contributed by atoms with E-state index in [4.69, 9.17) is 33.3 Å². The van der Waals surface area contributed by atoms with Gasteiger partial charge in [0.25, 0.3) is 11.8 Å². The summed E-state index contributed by atoms with van der Waals surface area (Å²) in [4.78, 5) is 38.5. The minimum absolute atomic E-state index is 0.0325. The molecule has 1 fully saturated rings. The maximum atomic E-state index is 13.4. The monoisotopic (exact) mass is 550 g/mol. The predicted octanol–water partition coefficient (Wildman–Crippen LogP) is 5.16. The number of aromatic carboxylic acids is 1. The molecule has 0 aliphatic carbocycles. The molecule has 10 heteroatoms. The van der Waals surface area contributed by atoms with Crippen molar-refractivity contribution in [1.29, 1.82) is 0 Å². The van der Waals surface area contributed by atoms with Crippen LogP contribution in [0.1, 0.15) is 34.0 Å². The molecule has 0 saturated carbocycles. The predicted molar refractivity (Wildman–Crippen MR) is 148 cm³/mol. The summed E-state index contributed by atoms with van der Waals surface area (Å²) in [6.45, 7) is 4.41. The summed E-state index contributed by atoms with van der Waals surface area (Å²) in [6, 6.07) is 16.8. The number of aryl methyl sites for hydroxylation is 1. The number of thiocarbonyl (C=S) groups is 1. The lowest BCUT2D eigenvalue weighted by atomic mass is 10.1. The number of carbonyl (C=O) groups is 3. The number of hydrogen-bond donors (Lipinski definition) is 2. The maximum absolute atomic E-state index is 13.4. The molecule has 1 saturated heterocycles. The van der Waals surface area contributed by atoms with E-state index in [2.05, 4.69) is 5.32 Å². The van der Waals surface area contributed by atoms with Crippen LogP contribution in [-0.4, -0.2) is 34.6 Å². The Hall–Kier alpha value is -4.21. The van der Waals surface area contributed by atoms with Crippen molar-refractivity contribution in [3.8, 4) is 11.5 Å². The van der Waals surface area contributed by atoms with Crippen molar-refractivity contribution in [1.82, 2.24) is 5.32 Å². The van der Waals surface area contributed by atoms with E-state index < -0.39 is 17.8 Å². The molecule has 0 spiro atoms. The van der Waals surface area contributed by atoms with Gasteiger partial charge in [-0.25, -0.2) is 4.79 Å². The third-order valence-corrected chi connectivity index (χ3v) is 6.16. The van der Waals surface area contributed by atoms with Crippen LogP contribution in [0.15, 0.2) is 66.2 Å². The highest BCUT2D eigenvalue weighted by Gasteiger charge is 2.35. The van der Waals surface area contributed by atoms with Crippen molar-refractivity contribution in [2.24, 2.45) is 0 Å². The smallest absolute Gasteiger partial charge is 0.335 e. The Morgan fingerprint density at radius 2 is 1.84 bits per heavy atom. The van der Waals surface area contributed by atoms with Crippen molar-refractivity contribution < 1.29 is 29.0 Å². The zero-order valence-corrected chi connectivity index (χ0v) is 22.1. The SMILES string of the molecule is CCOc1cc(C=C2C(=O)NC(=S)N(c3cccc(C(=O)O)c3)C2=O)cc(Cl)c1OCc1ccc(C)cc1. The molecular formula is C28H23ClN2O6S. The fourth-order valence-corrected chi connectivity index (χ4v) is 4.31. The molecule has 2 N–H and O–H groups in total. The van der Waals surface area contributed by atoms with Gasteiger partial charge in [0.1, 0.15) is 12.2 Å². The summed E-state index contributed by atoms with van der Waals surface area (Å²) in [5.41, 5.74) is 2.47. The standard InChI is InChI=1S/C28H23ClN2O6S/c1-3-36-23-13-18(12-22(29)24(23)37-15-17-9-7-16(2)8-10-17)11-21-25(32)30-28(38)31(26(21)33)20-6-4-5-19(14-20)27(34)35/h4-14H,3,15H2,1-2H3,(H,34,35)(H,30,32,38). The molecule has 0 unspecified atom stereocenters. The van der Waals surface area contributed by atoms with Crippen LogP contribution in [0.25, 0.3) is 6.08 Å². The molecule has 3 aromatic carbocycles. The number of rotatable bonds is 8. The summed E-state index contributed by atoms with van der Waals surface area (Å²) >= 11 is 11.7. The molecule has 0 aromatic heterocycles. The van der Waals surface area contributed by atoms with Gasteiger partial charge in [0.05, 0.1) is 22.9 Å². The second kappa shape index (κ2) is 11.5. The molecule has 0 bridgehead atoms. The van der Waals surface area contributed by atoms with Crippen LogP contribution < -0.4 is 19.7 Å². The summed E-state index contributed by atoms with van der Waals surface area (Å²) in [7, 11) is 0.